The van der Waals surface area contributed by atoms with Crippen LogP contribution in [0.1, 0.15) is 53.0 Å². The molecule has 0 atom stereocenters. The zero-order chi connectivity index (χ0) is 16.1. The first-order chi connectivity index (χ1) is 11.3. The normalized spacial score (nSPS) is 14.7. The SMILES string of the molecule is O=C(Nc1cccc(CCO)c1)c1n[nH]c2c1CCCCCC2. The van der Waals surface area contributed by atoms with Crippen LogP contribution in [0, 0.1) is 0 Å². The first kappa shape index (κ1) is 15.7. The van der Waals surface area contributed by atoms with Crippen LogP contribution >= 0.6 is 0 Å². The Balaban J connectivity index is 1.77. The molecule has 23 heavy (non-hydrogen) atoms. The Morgan fingerprint density at radius 2 is 2.04 bits per heavy atom. The summed E-state index contributed by atoms with van der Waals surface area (Å²) in [4.78, 5) is 12.6. The molecule has 5 nitrogen and oxygen atoms in total. The fraction of sp³-hybridized carbons (Fsp3) is 0.444. The van der Waals surface area contributed by atoms with Crippen molar-refractivity contribution in [1.29, 1.82) is 0 Å². The van der Waals surface area contributed by atoms with Crippen LogP contribution in [0.3, 0.4) is 0 Å². The first-order valence-electron chi connectivity index (χ1n) is 8.35. The molecular formula is C18H23N3O2. The van der Waals surface area contributed by atoms with Crippen LogP contribution in [0.2, 0.25) is 0 Å². The summed E-state index contributed by atoms with van der Waals surface area (Å²) in [6, 6.07) is 7.57. The van der Waals surface area contributed by atoms with Gasteiger partial charge in [-0.1, -0.05) is 25.0 Å². The van der Waals surface area contributed by atoms with E-state index in [1.165, 1.54) is 12.8 Å². The summed E-state index contributed by atoms with van der Waals surface area (Å²) in [5.74, 6) is -0.163. The highest BCUT2D eigenvalue weighted by Crippen LogP contribution is 2.22. The number of benzene rings is 1. The van der Waals surface area contributed by atoms with Gasteiger partial charge in [-0.05, 0) is 49.8 Å². The number of hydrogen-bond donors (Lipinski definition) is 3. The van der Waals surface area contributed by atoms with Crippen LogP contribution in [0.5, 0.6) is 0 Å². The number of aliphatic hydroxyl groups is 1. The van der Waals surface area contributed by atoms with Gasteiger partial charge < -0.3 is 10.4 Å². The predicted octanol–water partition coefficient (Wildman–Crippen LogP) is 2.86. The number of aromatic nitrogens is 2. The van der Waals surface area contributed by atoms with Crippen molar-refractivity contribution in [2.45, 2.75) is 44.9 Å². The fourth-order valence-corrected chi connectivity index (χ4v) is 3.15. The monoisotopic (exact) mass is 313 g/mol. The quantitative estimate of drug-likeness (QED) is 0.812. The molecule has 0 bridgehead atoms. The van der Waals surface area contributed by atoms with E-state index in [9.17, 15) is 4.79 Å². The maximum atomic E-state index is 12.6. The molecule has 0 saturated heterocycles. The number of nitrogens with one attached hydrogen (secondary N) is 2. The summed E-state index contributed by atoms with van der Waals surface area (Å²) < 4.78 is 0. The van der Waals surface area contributed by atoms with Gasteiger partial charge in [-0.15, -0.1) is 0 Å². The average molecular weight is 313 g/mol. The molecule has 0 unspecified atom stereocenters. The van der Waals surface area contributed by atoms with E-state index in [0.717, 1.165) is 48.2 Å². The van der Waals surface area contributed by atoms with Crippen molar-refractivity contribution in [1.82, 2.24) is 10.2 Å². The number of amides is 1. The van der Waals surface area contributed by atoms with Crippen molar-refractivity contribution >= 4 is 11.6 Å². The van der Waals surface area contributed by atoms with Crippen molar-refractivity contribution in [3.63, 3.8) is 0 Å². The van der Waals surface area contributed by atoms with Crippen molar-refractivity contribution < 1.29 is 9.90 Å². The lowest BCUT2D eigenvalue weighted by Gasteiger charge is -2.10. The molecule has 0 fully saturated rings. The molecule has 2 aromatic rings. The standard InChI is InChI=1S/C18H23N3O2/c22-11-10-13-6-5-7-14(12-13)19-18(23)17-15-8-3-1-2-4-9-16(15)20-21-17/h5-7,12,22H,1-4,8-11H2,(H,19,23)(H,20,21). The minimum absolute atomic E-state index is 0.101. The zero-order valence-corrected chi connectivity index (χ0v) is 13.3. The lowest BCUT2D eigenvalue weighted by atomic mass is 9.97. The average Bonchev–Trinajstić information content (AvgIpc) is 2.90. The molecule has 1 aliphatic carbocycles. The minimum Gasteiger partial charge on any atom is -0.396 e. The summed E-state index contributed by atoms with van der Waals surface area (Å²) in [5, 5.41) is 19.3. The highest BCUT2D eigenvalue weighted by molar-refractivity contribution is 6.04. The second-order valence-corrected chi connectivity index (χ2v) is 6.07. The third-order valence-corrected chi connectivity index (χ3v) is 4.36. The molecule has 1 amide bonds. The lowest BCUT2D eigenvalue weighted by Crippen LogP contribution is -2.15. The Hall–Kier alpha value is -2.14. The molecule has 0 radical (unpaired) electrons. The van der Waals surface area contributed by atoms with E-state index < -0.39 is 0 Å². The Morgan fingerprint density at radius 3 is 2.87 bits per heavy atom. The molecule has 1 aromatic carbocycles. The summed E-state index contributed by atoms with van der Waals surface area (Å²) >= 11 is 0. The van der Waals surface area contributed by atoms with Gasteiger partial charge in [0, 0.05) is 23.6 Å². The van der Waals surface area contributed by atoms with E-state index in [0.29, 0.717) is 12.1 Å². The fourth-order valence-electron chi connectivity index (χ4n) is 3.15. The van der Waals surface area contributed by atoms with Gasteiger partial charge in [0.1, 0.15) is 0 Å². The third kappa shape index (κ3) is 3.79. The van der Waals surface area contributed by atoms with Crippen LogP contribution in [0.15, 0.2) is 24.3 Å². The topological polar surface area (TPSA) is 78.0 Å². The smallest absolute Gasteiger partial charge is 0.276 e. The minimum atomic E-state index is -0.163. The Bertz CT molecular complexity index is 679. The van der Waals surface area contributed by atoms with Gasteiger partial charge in [-0.3, -0.25) is 9.89 Å². The summed E-state index contributed by atoms with van der Waals surface area (Å²) in [6.45, 7) is 0.101. The van der Waals surface area contributed by atoms with Crippen LogP contribution in [-0.2, 0) is 19.3 Å². The molecule has 0 saturated carbocycles. The maximum absolute atomic E-state index is 12.6. The van der Waals surface area contributed by atoms with E-state index in [4.69, 9.17) is 5.11 Å². The van der Waals surface area contributed by atoms with Gasteiger partial charge >= 0.3 is 0 Å². The van der Waals surface area contributed by atoms with Crippen molar-refractivity contribution in [3.8, 4) is 0 Å². The molecule has 1 aromatic heterocycles. The number of nitrogens with zero attached hydrogens (tertiary/aromatic N) is 1. The number of H-pyrrole nitrogens is 1. The van der Waals surface area contributed by atoms with Gasteiger partial charge in [0.2, 0.25) is 0 Å². The summed E-state index contributed by atoms with van der Waals surface area (Å²) in [5.41, 5.74) is 4.46. The van der Waals surface area contributed by atoms with Gasteiger partial charge in [-0.2, -0.15) is 5.10 Å². The number of rotatable bonds is 4. The van der Waals surface area contributed by atoms with E-state index in [1.807, 2.05) is 24.3 Å². The number of carbonyl (C=O) groups excluding carboxylic acids is 1. The number of anilines is 1. The molecular weight excluding hydrogens is 290 g/mol. The second-order valence-electron chi connectivity index (χ2n) is 6.07. The van der Waals surface area contributed by atoms with Gasteiger partial charge in [0.15, 0.2) is 5.69 Å². The maximum Gasteiger partial charge on any atom is 0.276 e. The summed E-state index contributed by atoms with van der Waals surface area (Å²) in [6.07, 6.45) is 7.20. The highest BCUT2D eigenvalue weighted by Gasteiger charge is 2.20. The number of carbonyl (C=O) groups is 1. The van der Waals surface area contributed by atoms with Crippen molar-refractivity contribution in [3.05, 3.63) is 46.8 Å². The third-order valence-electron chi connectivity index (χ3n) is 4.36. The van der Waals surface area contributed by atoms with E-state index in [2.05, 4.69) is 15.5 Å². The van der Waals surface area contributed by atoms with Gasteiger partial charge in [0.25, 0.3) is 5.91 Å². The molecule has 1 aliphatic rings. The van der Waals surface area contributed by atoms with Crippen LogP contribution in [0.25, 0.3) is 0 Å². The largest absolute Gasteiger partial charge is 0.396 e. The molecule has 0 aliphatic heterocycles. The van der Waals surface area contributed by atoms with Crippen LogP contribution in [0.4, 0.5) is 5.69 Å². The number of aliphatic hydroxyl groups excluding tert-OH is 1. The molecule has 3 N–H and O–H groups in total. The number of aryl methyl sites for hydroxylation is 1. The highest BCUT2D eigenvalue weighted by atomic mass is 16.3. The van der Waals surface area contributed by atoms with Gasteiger partial charge in [0.05, 0.1) is 0 Å². The zero-order valence-electron chi connectivity index (χ0n) is 13.3. The lowest BCUT2D eigenvalue weighted by molar-refractivity contribution is 0.102. The van der Waals surface area contributed by atoms with Crippen molar-refractivity contribution in [2.24, 2.45) is 0 Å². The Labute approximate surface area is 136 Å². The molecule has 5 heteroatoms. The van der Waals surface area contributed by atoms with Crippen LogP contribution < -0.4 is 5.32 Å². The Kier molecular flexibility index (Phi) is 5.08. The van der Waals surface area contributed by atoms with E-state index in [-0.39, 0.29) is 12.5 Å². The van der Waals surface area contributed by atoms with E-state index >= 15 is 0 Å². The molecule has 1 heterocycles. The van der Waals surface area contributed by atoms with Gasteiger partial charge in [-0.25, -0.2) is 0 Å². The molecule has 3 rings (SSSR count). The predicted molar refractivity (Wildman–Crippen MR) is 89.6 cm³/mol. The van der Waals surface area contributed by atoms with Crippen molar-refractivity contribution in [2.75, 3.05) is 11.9 Å². The van der Waals surface area contributed by atoms with Crippen LogP contribution in [-0.4, -0.2) is 27.8 Å². The number of hydrogen-bond acceptors (Lipinski definition) is 3. The van der Waals surface area contributed by atoms with E-state index in [1.54, 1.807) is 0 Å². The molecule has 0 spiro atoms. The number of fused-ring (bicyclic) bond motifs is 1. The Morgan fingerprint density at radius 1 is 1.22 bits per heavy atom. The molecule has 122 valence electrons. The summed E-state index contributed by atoms with van der Waals surface area (Å²) in [7, 11) is 0. The number of aromatic amines is 1. The first-order valence-corrected chi connectivity index (χ1v) is 8.35. The second kappa shape index (κ2) is 7.42.